The minimum absolute atomic E-state index is 0.107. The van der Waals surface area contributed by atoms with Crippen molar-refractivity contribution in [3.63, 3.8) is 0 Å². The second-order valence-corrected chi connectivity index (χ2v) is 9.19. The Bertz CT molecular complexity index is 1160. The Morgan fingerprint density at radius 2 is 1.88 bits per heavy atom. The highest BCUT2D eigenvalue weighted by Gasteiger charge is 2.22. The normalized spacial score (nSPS) is 18.9. The van der Waals surface area contributed by atoms with E-state index in [9.17, 15) is 4.79 Å². The molecule has 0 radical (unpaired) electrons. The standard InChI is InChI=1S/C25H31N5O2S/c1-17-7-6-10-20(11-17)24-27-28-25(33)30(24)16-23(31)26-12-21-8-4-5-9-22(21)15-29-13-18(2)32-19(3)14-29/h4-11,18-19H,12-16H2,1-3H3,(H,26,31)(H,28,33). The molecule has 174 valence electrons. The van der Waals surface area contributed by atoms with E-state index in [4.69, 9.17) is 17.0 Å². The van der Waals surface area contributed by atoms with E-state index in [0.717, 1.165) is 36.3 Å². The summed E-state index contributed by atoms with van der Waals surface area (Å²) in [6.45, 7) is 9.49. The minimum atomic E-state index is -0.107. The molecule has 33 heavy (non-hydrogen) atoms. The molecular formula is C25H31N5O2S. The molecule has 1 saturated heterocycles. The summed E-state index contributed by atoms with van der Waals surface area (Å²) >= 11 is 5.38. The second kappa shape index (κ2) is 10.4. The number of hydrogen-bond donors (Lipinski definition) is 2. The molecular weight excluding hydrogens is 434 g/mol. The molecule has 0 saturated carbocycles. The van der Waals surface area contributed by atoms with Crippen LogP contribution in [0.5, 0.6) is 0 Å². The van der Waals surface area contributed by atoms with Gasteiger partial charge >= 0.3 is 0 Å². The first-order chi connectivity index (χ1) is 15.9. The van der Waals surface area contributed by atoms with Crippen molar-refractivity contribution in [1.29, 1.82) is 0 Å². The summed E-state index contributed by atoms with van der Waals surface area (Å²) in [7, 11) is 0. The zero-order chi connectivity index (χ0) is 23.4. The highest BCUT2D eigenvalue weighted by Crippen LogP contribution is 2.19. The second-order valence-electron chi connectivity index (χ2n) is 8.80. The van der Waals surface area contributed by atoms with Crippen LogP contribution in [-0.2, 0) is 29.2 Å². The molecule has 8 heteroatoms. The summed E-state index contributed by atoms with van der Waals surface area (Å²) in [6.07, 6.45) is 0.450. The molecule has 1 aliphatic rings. The predicted octanol–water partition coefficient (Wildman–Crippen LogP) is 3.84. The number of morpholine rings is 1. The molecule has 2 atom stereocenters. The van der Waals surface area contributed by atoms with E-state index in [1.165, 1.54) is 5.56 Å². The number of H-pyrrole nitrogens is 1. The van der Waals surface area contributed by atoms with Gasteiger partial charge in [0.1, 0.15) is 6.54 Å². The van der Waals surface area contributed by atoms with E-state index in [-0.39, 0.29) is 24.7 Å². The fourth-order valence-corrected chi connectivity index (χ4v) is 4.60. The van der Waals surface area contributed by atoms with Gasteiger partial charge < -0.3 is 10.1 Å². The van der Waals surface area contributed by atoms with Gasteiger partial charge in [-0.25, -0.2) is 0 Å². The van der Waals surface area contributed by atoms with E-state index < -0.39 is 0 Å². The van der Waals surface area contributed by atoms with Crippen LogP contribution >= 0.6 is 12.2 Å². The molecule has 2 heterocycles. The Morgan fingerprint density at radius 1 is 1.15 bits per heavy atom. The monoisotopic (exact) mass is 465 g/mol. The van der Waals surface area contributed by atoms with E-state index in [1.54, 1.807) is 4.57 Å². The molecule has 3 aromatic rings. The van der Waals surface area contributed by atoms with Gasteiger partial charge in [0.05, 0.1) is 12.2 Å². The van der Waals surface area contributed by atoms with E-state index in [0.29, 0.717) is 17.1 Å². The summed E-state index contributed by atoms with van der Waals surface area (Å²) in [5.41, 5.74) is 4.39. The Morgan fingerprint density at radius 3 is 2.61 bits per heavy atom. The first-order valence-corrected chi connectivity index (χ1v) is 11.7. The van der Waals surface area contributed by atoms with Gasteiger partial charge in [-0.05, 0) is 50.2 Å². The van der Waals surface area contributed by atoms with Crippen LogP contribution in [0.3, 0.4) is 0 Å². The van der Waals surface area contributed by atoms with Gasteiger partial charge in [-0.1, -0.05) is 48.0 Å². The Hall–Kier alpha value is -2.81. The van der Waals surface area contributed by atoms with Crippen LogP contribution in [0, 0.1) is 11.7 Å². The van der Waals surface area contributed by atoms with Crippen molar-refractivity contribution in [3.8, 4) is 11.4 Å². The molecule has 1 aromatic heterocycles. The topological polar surface area (TPSA) is 75.2 Å². The fraction of sp³-hybridized carbons (Fsp3) is 0.400. The number of carbonyl (C=O) groups is 1. The fourth-order valence-electron chi connectivity index (χ4n) is 4.40. The average molecular weight is 466 g/mol. The molecule has 2 N–H and O–H groups in total. The van der Waals surface area contributed by atoms with Crippen molar-refractivity contribution in [3.05, 3.63) is 70.0 Å². The van der Waals surface area contributed by atoms with Gasteiger partial charge in [0.25, 0.3) is 0 Å². The first-order valence-electron chi connectivity index (χ1n) is 11.3. The maximum Gasteiger partial charge on any atom is 0.240 e. The average Bonchev–Trinajstić information content (AvgIpc) is 3.12. The number of aromatic nitrogens is 3. The first kappa shape index (κ1) is 23.4. The summed E-state index contributed by atoms with van der Waals surface area (Å²) in [4.78, 5) is 15.2. The van der Waals surface area contributed by atoms with Crippen LogP contribution in [0.25, 0.3) is 11.4 Å². The molecule has 0 aliphatic carbocycles. The minimum Gasteiger partial charge on any atom is -0.373 e. The van der Waals surface area contributed by atoms with Gasteiger partial charge in [0.15, 0.2) is 10.6 Å². The van der Waals surface area contributed by atoms with Gasteiger partial charge in [0, 0.05) is 31.7 Å². The SMILES string of the molecule is Cc1cccc(-c2n[nH]c(=S)n2CC(=O)NCc2ccccc2CN2CC(C)OC(C)C2)c1. The number of carbonyl (C=O) groups excluding carboxylic acids is 1. The molecule has 1 amide bonds. The molecule has 1 fully saturated rings. The summed E-state index contributed by atoms with van der Waals surface area (Å²) in [5, 5.41) is 10.2. The van der Waals surface area contributed by atoms with Crippen molar-refractivity contribution in [2.24, 2.45) is 0 Å². The zero-order valence-electron chi connectivity index (χ0n) is 19.4. The van der Waals surface area contributed by atoms with E-state index in [2.05, 4.69) is 46.4 Å². The number of aryl methyl sites for hydroxylation is 1. The summed E-state index contributed by atoms with van der Waals surface area (Å²) in [5.74, 6) is 0.555. The predicted molar refractivity (Wildman–Crippen MR) is 131 cm³/mol. The number of aromatic amines is 1. The number of hydrogen-bond acceptors (Lipinski definition) is 5. The summed E-state index contributed by atoms with van der Waals surface area (Å²) in [6, 6.07) is 16.3. The van der Waals surface area contributed by atoms with E-state index >= 15 is 0 Å². The van der Waals surface area contributed by atoms with E-state index in [1.807, 2.05) is 43.3 Å². The maximum atomic E-state index is 12.8. The molecule has 0 bridgehead atoms. The quantitative estimate of drug-likeness (QED) is 0.519. The van der Waals surface area contributed by atoms with Crippen molar-refractivity contribution < 1.29 is 9.53 Å². The lowest BCUT2D eigenvalue weighted by atomic mass is 10.1. The van der Waals surface area contributed by atoms with Gasteiger partial charge in [-0.2, -0.15) is 5.10 Å². The highest BCUT2D eigenvalue weighted by molar-refractivity contribution is 7.71. The van der Waals surface area contributed by atoms with Crippen molar-refractivity contribution in [2.75, 3.05) is 13.1 Å². The van der Waals surface area contributed by atoms with Crippen molar-refractivity contribution >= 4 is 18.1 Å². The van der Waals surface area contributed by atoms with Crippen LogP contribution in [-0.4, -0.2) is 50.9 Å². The van der Waals surface area contributed by atoms with Crippen molar-refractivity contribution in [1.82, 2.24) is 25.0 Å². The van der Waals surface area contributed by atoms with Gasteiger partial charge in [0.2, 0.25) is 5.91 Å². The third kappa shape index (κ3) is 5.96. The highest BCUT2D eigenvalue weighted by atomic mass is 32.1. The van der Waals surface area contributed by atoms with Gasteiger partial charge in [-0.3, -0.25) is 19.4 Å². The molecule has 0 spiro atoms. The van der Waals surface area contributed by atoms with Gasteiger partial charge in [-0.15, -0.1) is 0 Å². The van der Waals surface area contributed by atoms with Crippen LogP contribution in [0.15, 0.2) is 48.5 Å². The maximum absolute atomic E-state index is 12.8. The molecule has 2 aromatic carbocycles. The molecule has 4 rings (SSSR count). The lowest BCUT2D eigenvalue weighted by molar-refractivity contribution is -0.121. The number of rotatable bonds is 7. The Kier molecular flexibility index (Phi) is 7.37. The number of benzene rings is 2. The van der Waals surface area contributed by atoms with Crippen molar-refractivity contribution in [2.45, 2.75) is 52.6 Å². The third-order valence-corrected chi connectivity index (χ3v) is 6.13. The Labute approximate surface area is 199 Å². The number of nitrogens with zero attached hydrogens (tertiary/aromatic N) is 3. The third-order valence-electron chi connectivity index (χ3n) is 5.82. The lowest BCUT2D eigenvalue weighted by Crippen LogP contribution is -2.45. The zero-order valence-corrected chi connectivity index (χ0v) is 20.2. The number of nitrogens with one attached hydrogen (secondary N) is 2. The largest absolute Gasteiger partial charge is 0.373 e. The number of ether oxygens (including phenoxy) is 1. The van der Waals surface area contributed by atoms with Crippen LogP contribution in [0.4, 0.5) is 0 Å². The lowest BCUT2D eigenvalue weighted by Gasteiger charge is -2.35. The van der Waals surface area contributed by atoms with Crippen LogP contribution in [0.2, 0.25) is 0 Å². The Balaban J connectivity index is 1.42. The molecule has 7 nitrogen and oxygen atoms in total. The number of amides is 1. The molecule has 1 aliphatic heterocycles. The van der Waals surface area contributed by atoms with Crippen LogP contribution < -0.4 is 5.32 Å². The van der Waals surface area contributed by atoms with Crippen LogP contribution in [0.1, 0.15) is 30.5 Å². The molecule has 2 unspecified atom stereocenters. The smallest absolute Gasteiger partial charge is 0.240 e. The summed E-state index contributed by atoms with van der Waals surface area (Å²) < 4.78 is 8.02.